The molecule has 0 aliphatic heterocycles. The summed E-state index contributed by atoms with van der Waals surface area (Å²) in [5.41, 5.74) is 1.97. The van der Waals surface area contributed by atoms with Crippen LogP contribution in [0.4, 0.5) is 11.4 Å². The third kappa shape index (κ3) is 5.80. The smallest absolute Gasteiger partial charge is 0.255 e. The maximum Gasteiger partial charge on any atom is 0.255 e. The molecule has 3 aromatic rings. The molecule has 2 aromatic carbocycles. The van der Waals surface area contributed by atoms with Crippen molar-refractivity contribution >= 4 is 38.9 Å². The normalized spacial score (nSPS) is 11.5. The van der Waals surface area contributed by atoms with E-state index in [2.05, 4.69) is 20.2 Å². The van der Waals surface area contributed by atoms with Crippen LogP contribution in [0.25, 0.3) is 0 Å². The van der Waals surface area contributed by atoms with Crippen molar-refractivity contribution < 1.29 is 17.7 Å². The first-order chi connectivity index (χ1) is 14.1. The number of rotatable bonds is 7. The van der Waals surface area contributed by atoms with E-state index < -0.39 is 15.9 Å². The van der Waals surface area contributed by atoms with E-state index in [9.17, 15) is 13.2 Å². The second kappa shape index (κ2) is 8.85. The Morgan fingerprint density at radius 2 is 1.87 bits per heavy atom. The molecule has 2 N–H and O–H groups in total. The Morgan fingerprint density at radius 3 is 2.47 bits per heavy atom. The Balaban J connectivity index is 1.67. The van der Waals surface area contributed by atoms with Crippen LogP contribution in [0.15, 0.2) is 47.0 Å². The van der Waals surface area contributed by atoms with E-state index in [1.807, 2.05) is 26.0 Å². The van der Waals surface area contributed by atoms with Gasteiger partial charge in [-0.15, -0.1) is 0 Å². The Labute approximate surface area is 179 Å². The van der Waals surface area contributed by atoms with Crippen LogP contribution < -0.4 is 10.0 Å². The molecule has 0 atom stereocenters. The zero-order valence-electron chi connectivity index (χ0n) is 16.6. The van der Waals surface area contributed by atoms with Gasteiger partial charge in [-0.05, 0) is 35.9 Å². The van der Waals surface area contributed by atoms with E-state index in [1.165, 1.54) is 18.2 Å². The van der Waals surface area contributed by atoms with E-state index in [4.69, 9.17) is 16.1 Å². The molecule has 0 aliphatic rings. The molecule has 1 heterocycles. The number of sulfonamides is 1. The highest BCUT2D eigenvalue weighted by Gasteiger charge is 2.13. The Kier molecular flexibility index (Phi) is 6.42. The van der Waals surface area contributed by atoms with Crippen LogP contribution in [0.1, 0.15) is 47.4 Å². The zero-order valence-corrected chi connectivity index (χ0v) is 18.2. The van der Waals surface area contributed by atoms with Gasteiger partial charge in [0, 0.05) is 23.6 Å². The summed E-state index contributed by atoms with van der Waals surface area (Å²) in [4.78, 5) is 16.9. The summed E-state index contributed by atoms with van der Waals surface area (Å²) >= 11 is 5.99. The molecular formula is C20H21ClN4O4S. The number of carbonyl (C=O) groups is 1. The number of carbonyl (C=O) groups excluding carboxylic acids is 1. The molecule has 158 valence electrons. The largest absolute Gasteiger partial charge is 0.339 e. The Bertz CT molecular complexity index is 1160. The van der Waals surface area contributed by atoms with Gasteiger partial charge in [0.05, 0.1) is 17.0 Å². The maximum absolute atomic E-state index is 12.5. The predicted octanol–water partition coefficient (Wildman–Crippen LogP) is 4.06. The molecule has 0 bridgehead atoms. The lowest BCUT2D eigenvalue weighted by Crippen LogP contribution is -2.14. The molecule has 0 spiro atoms. The second-order valence-electron chi connectivity index (χ2n) is 7.10. The lowest BCUT2D eigenvalue weighted by Gasteiger charge is -2.10. The van der Waals surface area contributed by atoms with Gasteiger partial charge in [-0.3, -0.25) is 9.52 Å². The quantitative estimate of drug-likeness (QED) is 0.563. The van der Waals surface area contributed by atoms with Crippen molar-refractivity contribution in [1.82, 2.24) is 10.1 Å². The van der Waals surface area contributed by atoms with Gasteiger partial charge in [-0.2, -0.15) is 4.98 Å². The highest BCUT2D eigenvalue weighted by Crippen LogP contribution is 2.24. The average molecular weight is 449 g/mol. The van der Waals surface area contributed by atoms with E-state index in [-0.39, 0.29) is 22.2 Å². The van der Waals surface area contributed by atoms with Gasteiger partial charge in [0.15, 0.2) is 5.82 Å². The van der Waals surface area contributed by atoms with Crippen molar-refractivity contribution in [3.8, 4) is 0 Å². The lowest BCUT2D eigenvalue weighted by molar-refractivity contribution is 0.102. The predicted molar refractivity (Wildman–Crippen MR) is 116 cm³/mol. The van der Waals surface area contributed by atoms with E-state index in [1.54, 1.807) is 12.1 Å². The number of nitrogens with one attached hydrogen (secondary N) is 2. The van der Waals surface area contributed by atoms with Crippen LogP contribution in [-0.2, 0) is 16.4 Å². The van der Waals surface area contributed by atoms with Crippen molar-refractivity contribution in [3.63, 3.8) is 0 Å². The molecule has 30 heavy (non-hydrogen) atoms. The van der Waals surface area contributed by atoms with Crippen molar-refractivity contribution in [3.05, 3.63) is 70.3 Å². The number of anilines is 2. The fourth-order valence-corrected chi connectivity index (χ4v) is 3.40. The SMILES string of the molecule is CC(C)c1nc(Cc2ccc(NC(=O)c3ccc(Cl)c(NS(C)(=O)=O)c3)cc2)no1. The summed E-state index contributed by atoms with van der Waals surface area (Å²) in [5.74, 6) is 0.977. The monoisotopic (exact) mass is 448 g/mol. The topological polar surface area (TPSA) is 114 Å². The van der Waals surface area contributed by atoms with E-state index in [0.717, 1.165) is 11.8 Å². The molecule has 1 aromatic heterocycles. The number of benzene rings is 2. The standard InChI is InChI=1S/C20H21ClN4O4S/c1-12(2)20-23-18(24-29-20)10-13-4-7-15(8-5-13)22-19(26)14-6-9-16(21)17(11-14)25-30(3,27)28/h4-9,11-12,25H,10H2,1-3H3,(H,22,26). The number of aromatic nitrogens is 2. The first kappa shape index (κ1) is 21.8. The number of hydrogen-bond donors (Lipinski definition) is 2. The molecule has 0 aliphatic carbocycles. The fraction of sp³-hybridized carbons (Fsp3) is 0.250. The van der Waals surface area contributed by atoms with Crippen molar-refractivity contribution in [1.29, 1.82) is 0 Å². The average Bonchev–Trinajstić information content (AvgIpc) is 3.13. The fourth-order valence-electron chi connectivity index (χ4n) is 2.61. The van der Waals surface area contributed by atoms with E-state index in [0.29, 0.717) is 23.8 Å². The lowest BCUT2D eigenvalue weighted by atomic mass is 10.1. The zero-order chi connectivity index (χ0) is 21.9. The molecule has 1 amide bonds. The minimum Gasteiger partial charge on any atom is -0.339 e. The minimum atomic E-state index is -3.52. The third-order valence-corrected chi connectivity index (χ3v) is 5.00. The van der Waals surface area contributed by atoms with Crippen LogP contribution in [0.2, 0.25) is 5.02 Å². The Hall–Kier alpha value is -2.91. The number of nitrogens with zero attached hydrogens (tertiary/aromatic N) is 2. The first-order valence-corrected chi connectivity index (χ1v) is 11.4. The van der Waals surface area contributed by atoms with Crippen LogP contribution in [0, 0.1) is 0 Å². The van der Waals surface area contributed by atoms with Gasteiger partial charge >= 0.3 is 0 Å². The van der Waals surface area contributed by atoms with Crippen LogP contribution in [0.3, 0.4) is 0 Å². The highest BCUT2D eigenvalue weighted by molar-refractivity contribution is 7.92. The number of hydrogen-bond acceptors (Lipinski definition) is 6. The molecular weight excluding hydrogens is 428 g/mol. The number of amides is 1. The summed E-state index contributed by atoms with van der Waals surface area (Å²) in [6.45, 7) is 3.96. The van der Waals surface area contributed by atoms with Gasteiger partial charge in [-0.25, -0.2) is 8.42 Å². The summed E-state index contributed by atoms with van der Waals surface area (Å²) in [6, 6.07) is 11.6. The molecule has 10 heteroatoms. The molecule has 0 unspecified atom stereocenters. The van der Waals surface area contributed by atoms with Gasteiger partial charge < -0.3 is 9.84 Å². The van der Waals surface area contributed by atoms with Crippen molar-refractivity contribution in [2.45, 2.75) is 26.2 Å². The third-order valence-electron chi connectivity index (χ3n) is 4.08. The van der Waals surface area contributed by atoms with Gasteiger partial charge in [0.25, 0.3) is 5.91 Å². The Morgan fingerprint density at radius 1 is 1.17 bits per heavy atom. The molecule has 0 fully saturated rings. The van der Waals surface area contributed by atoms with Gasteiger partial charge in [0.2, 0.25) is 15.9 Å². The summed E-state index contributed by atoms with van der Waals surface area (Å²) in [7, 11) is -3.52. The number of halogens is 1. The molecule has 0 radical (unpaired) electrons. The van der Waals surface area contributed by atoms with Crippen molar-refractivity contribution in [2.75, 3.05) is 16.3 Å². The van der Waals surface area contributed by atoms with Gasteiger partial charge in [-0.1, -0.05) is 42.7 Å². The second-order valence-corrected chi connectivity index (χ2v) is 9.26. The molecule has 8 nitrogen and oxygen atoms in total. The maximum atomic E-state index is 12.5. The minimum absolute atomic E-state index is 0.142. The van der Waals surface area contributed by atoms with Crippen molar-refractivity contribution in [2.24, 2.45) is 0 Å². The molecule has 3 rings (SSSR count). The summed E-state index contributed by atoms with van der Waals surface area (Å²) in [6.07, 6.45) is 1.53. The first-order valence-electron chi connectivity index (χ1n) is 9.11. The van der Waals surface area contributed by atoms with E-state index >= 15 is 0 Å². The van der Waals surface area contributed by atoms with Crippen LogP contribution in [-0.4, -0.2) is 30.7 Å². The molecule has 0 saturated carbocycles. The molecule has 0 saturated heterocycles. The summed E-state index contributed by atoms with van der Waals surface area (Å²) in [5, 5.41) is 6.93. The highest BCUT2D eigenvalue weighted by atomic mass is 35.5. The van der Waals surface area contributed by atoms with Crippen LogP contribution >= 0.6 is 11.6 Å². The summed E-state index contributed by atoms with van der Waals surface area (Å²) < 4.78 is 30.4. The van der Waals surface area contributed by atoms with Crippen LogP contribution in [0.5, 0.6) is 0 Å². The van der Waals surface area contributed by atoms with Gasteiger partial charge in [0.1, 0.15) is 0 Å².